The molecule has 106 valence electrons. The Labute approximate surface area is 123 Å². The molecule has 1 aliphatic heterocycles. The van der Waals surface area contributed by atoms with Crippen LogP contribution in [0.4, 0.5) is 21.5 Å². The topological polar surface area (TPSA) is 39.1 Å². The smallest absolute Gasteiger partial charge is 0.126 e. The first kappa shape index (κ1) is 13.4. The fourth-order valence-corrected chi connectivity index (χ4v) is 2.62. The van der Waals surface area contributed by atoms with Gasteiger partial charge in [-0.05, 0) is 55.3 Å². The van der Waals surface area contributed by atoms with Crippen molar-refractivity contribution in [2.45, 2.75) is 12.8 Å². The minimum absolute atomic E-state index is 0.311. The van der Waals surface area contributed by atoms with E-state index in [1.807, 2.05) is 18.2 Å². The number of nitriles is 1. The summed E-state index contributed by atoms with van der Waals surface area (Å²) in [7, 11) is 0. The van der Waals surface area contributed by atoms with E-state index in [-0.39, 0.29) is 0 Å². The Morgan fingerprint density at radius 1 is 1.00 bits per heavy atom. The molecule has 2 aromatic rings. The molecule has 1 N–H and O–H groups in total. The number of nitrogens with zero attached hydrogens (tertiary/aromatic N) is 2. The minimum Gasteiger partial charge on any atom is -0.372 e. The summed E-state index contributed by atoms with van der Waals surface area (Å²) >= 11 is 0. The SMILES string of the molecule is N#Cc1cc(F)cc(Nc2ccc(N3CCCC3)cc2)c1. The quantitative estimate of drug-likeness (QED) is 0.922. The normalized spacial score (nSPS) is 14.0. The molecule has 21 heavy (non-hydrogen) atoms. The van der Waals surface area contributed by atoms with E-state index in [1.165, 1.54) is 30.7 Å². The van der Waals surface area contributed by atoms with Crippen LogP contribution in [0.15, 0.2) is 42.5 Å². The van der Waals surface area contributed by atoms with Gasteiger partial charge in [-0.3, -0.25) is 0 Å². The van der Waals surface area contributed by atoms with Crippen molar-refractivity contribution in [1.82, 2.24) is 0 Å². The Morgan fingerprint density at radius 2 is 1.71 bits per heavy atom. The van der Waals surface area contributed by atoms with E-state index >= 15 is 0 Å². The second kappa shape index (κ2) is 5.84. The highest BCUT2D eigenvalue weighted by atomic mass is 19.1. The monoisotopic (exact) mass is 281 g/mol. The molecule has 1 saturated heterocycles. The van der Waals surface area contributed by atoms with Crippen LogP contribution in [-0.2, 0) is 0 Å². The lowest BCUT2D eigenvalue weighted by atomic mass is 10.2. The first-order valence-electron chi connectivity index (χ1n) is 7.07. The summed E-state index contributed by atoms with van der Waals surface area (Å²) in [6.45, 7) is 2.23. The summed E-state index contributed by atoms with van der Waals surface area (Å²) in [5.74, 6) is -0.412. The van der Waals surface area contributed by atoms with Gasteiger partial charge < -0.3 is 10.2 Å². The highest BCUT2D eigenvalue weighted by Gasteiger charge is 2.11. The van der Waals surface area contributed by atoms with Crippen molar-refractivity contribution >= 4 is 17.1 Å². The van der Waals surface area contributed by atoms with Gasteiger partial charge in [0.2, 0.25) is 0 Å². The van der Waals surface area contributed by atoms with Crippen molar-refractivity contribution in [3.63, 3.8) is 0 Å². The van der Waals surface area contributed by atoms with Crippen LogP contribution in [0.2, 0.25) is 0 Å². The Morgan fingerprint density at radius 3 is 2.38 bits per heavy atom. The van der Waals surface area contributed by atoms with Gasteiger partial charge in [0.15, 0.2) is 0 Å². The van der Waals surface area contributed by atoms with Crippen LogP contribution in [0.25, 0.3) is 0 Å². The molecule has 1 aliphatic rings. The van der Waals surface area contributed by atoms with E-state index in [4.69, 9.17) is 5.26 Å². The molecule has 4 heteroatoms. The Bertz CT molecular complexity index is 667. The van der Waals surface area contributed by atoms with Gasteiger partial charge in [0.25, 0.3) is 0 Å². The maximum absolute atomic E-state index is 13.4. The lowest BCUT2D eigenvalue weighted by molar-refractivity contribution is 0.628. The van der Waals surface area contributed by atoms with E-state index in [0.717, 1.165) is 18.8 Å². The third-order valence-electron chi connectivity index (χ3n) is 3.65. The number of anilines is 3. The average molecular weight is 281 g/mol. The van der Waals surface area contributed by atoms with Gasteiger partial charge in [-0.15, -0.1) is 0 Å². The maximum atomic E-state index is 13.4. The number of hydrogen-bond acceptors (Lipinski definition) is 3. The van der Waals surface area contributed by atoms with Crippen molar-refractivity contribution < 1.29 is 4.39 Å². The fourth-order valence-electron chi connectivity index (χ4n) is 2.62. The third kappa shape index (κ3) is 3.14. The molecule has 0 radical (unpaired) electrons. The van der Waals surface area contributed by atoms with Crippen LogP contribution in [-0.4, -0.2) is 13.1 Å². The molecule has 0 atom stereocenters. The van der Waals surface area contributed by atoms with E-state index in [1.54, 1.807) is 6.07 Å². The molecule has 3 nitrogen and oxygen atoms in total. The molecule has 3 rings (SSSR count). The number of nitrogens with one attached hydrogen (secondary N) is 1. The van der Waals surface area contributed by atoms with Gasteiger partial charge in [0.05, 0.1) is 11.6 Å². The molecule has 0 amide bonds. The molecule has 1 fully saturated rings. The molecule has 1 heterocycles. The zero-order valence-corrected chi connectivity index (χ0v) is 11.6. The molecule has 0 unspecified atom stereocenters. The lowest BCUT2D eigenvalue weighted by Gasteiger charge is -2.18. The van der Waals surface area contributed by atoms with Crippen LogP contribution in [0.5, 0.6) is 0 Å². The summed E-state index contributed by atoms with van der Waals surface area (Å²) in [4.78, 5) is 2.36. The van der Waals surface area contributed by atoms with E-state index in [2.05, 4.69) is 22.3 Å². The van der Waals surface area contributed by atoms with E-state index in [9.17, 15) is 4.39 Å². The van der Waals surface area contributed by atoms with Crippen LogP contribution in [0, 0.1) is 17.1 Å². The summed E-state index contributed by atoms with van der Waals surface area (Å²) in [6.07, 6.45) is 2.50. The summed E-state index contributed by atoms with van der Waals surface area (Å²) in [5.41, 5.74) is 2.99. The molecule has 0 saturated carbocycles. The zero-order chi connectivity index (χ0) is 14.7. The van der Waals surface area contributed by atoms with Crippen LogP contribution < -0.4 is 10.2 Å². The maximum Gasteiger partial charge on any atom is 0.126 e. The summed E-state index contributed by atoms with van der Waals surface area (Å²) < 4.78 is 13.4. The predicted molar refractivity (Wildman–Crippen MR) is 82.3 cm³/mol. The predicted octanol–water partition coefficient (Wildman–Crippen LogP) is 4.04. The molecule has 2 aromatic carbocycles. The second-order valence-electron chi connectivity index (χ2n) is 5.21. The van der Waals surface area contributed by atoms with Gasteiger partial charge in [0.1, 0.15) is 5.82 Å². The molecular formula is C17H16FN3. The van der Waals surface area contributed by atoms with Crippen molar-refractivity contribution in [3.05, 3.63) is 53.8 Å². The highest BCUT2D eigenvalue weighted by Crippen LogP contribution is 2.24. The van der Waals surface area contributed by atoms with Gasteiger partial charge in [0, 0.05) is 30.2 Å². The van der Waals surface area contributed by atoms with E-state index < -0.39 is 5.82 Å². The molecule has 0 bridgehead atoms. The van der Waals surface area contributed by atoms with Crippen molar-refractivity contribution in [2.75, 3.05) is 23.3 Å². The van der Waals surface area contributed by atoms with Gasteiger partial charge in [-0.1, -0.05) is 0 Å². The third-order valence-corrected chi connectivity index (χ3v) is 3.65. The zero-order valence-electron chi connectivity index (χ0n) is 11.6. The lowest BCUT2D eigenvalue weighted by Crippen LogP contribution is -2.17. The first-order chi connectivity index (χ1) is 10.2. The highest BCUT2D eigenvalue weighted by molar-refractivity contribution is 5.64. The summed E-state index contributed by atoms with van der Waals surface area (Å²) in [6, 6.07) is 14.3. The largest absolute Gasteiger partial charge is 0.372 e. The van der Waals surface area contributed by atoms with Crippen LogP contribution in [0.1, 0.15) is 18.4 Å². The minimum atomic E-state index is -0.412. The number of rotatable bonds is 3. The van der Waals surface area contributed by atoms with Crippen molar-refractivity contribution in [3.8, 4) is 6.07 Å². The van der Waals surface area contributed by atoms with Gasteiger partial charge in [-0.2, -0.15) is 5.26 Å². The van der Waals surface area contributed by atoms with Gasteiger partial charge in [-0.25, -0.2) is 4.39 Å². The number of hydrogen-bond donors (Lipinski definition) is 1. The Kier molecular flexibility index (Phi) is 3.74. The van der Waals surface area contributed by atoms with E-state index in [0.29, 0.717) is 11.3 Å². The Balaban J connectivity index is 1.76. The number of benzene rings is 2. The second-order valence-corrected chi connectivity index (χ2v) is 5.21. The Hall–Kier alpha value is -2.54. The molecular weight excluding hydrogens is 265 g/mol. The average Bonchev–Trinajstić information content (AvgIpc) is 3.01. The van der Waals surface area contributed by atoms with Crippen LogP contribution >= 0.6 is 0 Å². The van der Waals surface area contributed by atoms with Crippen molar-refractivity contribution in [1.29, 1.82) is 5.26 Å². The fraction of sp³-hybridized carbons (Fsp3) is 0.235. The molecule has 0 spiro atoms. The van der Waals surface area contributed by atoms with Crippen LogP contribution in [0.3, 0.4) is 0 Å². The summed E-state index contributed by atoms with van der Waals surface area (Å²) in [5, 5.41) is 12.0. The molecule has 0 aromatic heterocycles. The van der Waals surface area contributed by atoms with Crippen molar-refractivity contribution in [2.24, 2.45) is 0 Å². The first-order valence-corrected chi connectivity index (χ1v) is 7.07. The van der Waals surface area contributed by atoms with Gasteiger partial charge >= 0.3 is 0 Å². The molecule has 0 aliphatic carbocycles. The number of halogens is 1. The standard InChI is InChI=1S/C17H16FN3/c18-14-9-13(12-19)10-16(11-14)20-15-3-5-17(6-4-15)21-7-1-2-8-21/h3-6,9-11,20H,1-2,7-8H2.